The van der Waals surface area contributed by atoms with Gasteiger partial charge in [-0.1, -0.05) is 31.0 Å². The van der Waals surface area contributed by atoms with E-state index >= 15 is 0 Å². The Morgan fingerprint density at radius 3 is 2.57 bits per heavy atom. The molecule has 1 heterocycles. The first-order valence-corrected chi connectivity index (χ1v) is 7.62. The average molecular weight is 326 g/mol. The second-order valence-electron chi connectivity index (χ2n) is 5.95. The van der Waals surface area contributed by atoms with E-state index in [0.717, 1.165) is 12.8 Å². The lowest BCUT2D eigenvalue weighted by atomic mass is 9.87. The number of benzene rings is 1. The Bertz CT molecular complexity index is 630. The van der Waals surface area contributed by atoms with Gasteiger partial charge in [0.25, 0.3) is 11.6 Å². The van der Waals surface area contributed by atoms with Crippen LogP contribution in [0.5, 0.6) is 0 Å². The fraction of sp³-hybridized carbons (Fsp3) is 0.500. The van der Waals surface area contributed by atoms with Crippen LogP contribution in [0.1, 0.15) is 42.5 Å². The van der Waals surface area contributed by atoms with E-state index in [1.54, 1.807) is 18.2 Å². The van der Waals surface area contributed by atoms with Crippen molar-refractivity contribution >= 4 is 11.6 Å². The minimum Gasteiger partial charge on any atom is -0.362 e. The van der Waals surface area contributed by atoms with Crippen LogP contribution in [0, 0.1) is 5.92 Å². The molecular formula is C16H17F3N2O2. The molecule has 0 unspecified atom stereocenters. The van der Waals surface area contributed by atoms with Gasteiger partial charge >= 0.3 is 6.18 Å². The number of hydrazone groups is 1. The zero-order chi connectivity index (χ0) is 16.7. The average Bonchev–Trinajstić information content (AvgIpc) is 2.68. The fourth-order valence-corrected chi connectivity index (χ4v) is 3.30. The lowest BCUT2D eigenvalue weighted by Crippen LogP contribution is -2.61. The Balaban J connectivity index is 2.04. The van der Waals surface area contributed by atoms with Crippen LogP contribution < -0.4 is 0 Å². The van der Waals surface area contributed by atoms with Gasteiger partial charge in [-0.05, 0) is 31.4 Å². The molecule has 1 aromatic carbocycles. The molecule has 1 fully saturated rings. The number of halogens is 3. The van der Waals surface area contributed by atoms with Crippen molar-refractivity contribution in [2.45, 2.75) is 44.0 Å². The molecule has 2 atom stereocenters. The molecule has 2 aliphatic rings. The smallest absolute Gasteiger partial charge is 0.362 e. The molecule has 1 aliphatic carbocycles. The summed E-state index contributed by atoms with van der Waals surface area (Å²) in [4.78, 5) is 12.5. The van der Waals surface area contributed by atoms with Crippen molar-refractivity contribution < 1.29 is 23.1 Å². The van der Waals surface area contributed by atoms with Gasteiger partial charge in [0.1, 0.15) is 0 Å². The molecule has 0 bridgehead atoms. The molecule has 23 heavy (non-hydrogen) atoms. The summed E-state index contributed by atoms with van der Waals surface area (Å²) in [7, 11) is 0. The van der Waals surface area contributed by atoms with Crippen molar-refractivity contribution in [3.8, 4) is 0 Å². The maximum absolute atomic E-state index is 13.7. The number of fused-ring (bicyclic) bond motifs is 1. The van der Waals surface area contributed by atoms with E-state index in [4.69, 9.17) is 0 Å². The summed E-state index contributed by atoms with van der Waals surface area (Å²) in [5.74, 6) is -2.12. The van der Waals surface area contributed by atoms with E-state index < -0.39 is 23.7 Å². The third-order valence-corrected chi connectivity index (χ3v) is 4.50. The first-order valence-electron chi connectivity index (χ1n) is 7.62. The number of hydrogen-bond acceptors (Lipinski definition) is 3. The Morgan fingerprint density at radius 1 is 1.22 bits per heavy atom. The number of alkyl halides is 3. The molecule has 7 heteroatoms. The summed E-state index contributed by atoms with van der Waals surface area (Å²) in [5, 5.41) is 14.6. The van der Waals surface area contributed by atoms with Crippen LogP contribution in [0.2, 0.25) is 0 Å². The van der Waals surface area contributed by atoms with Gasteiger partial charge < -0.3 is 5.11 Å². The molecule has 1 aromatic rings. The standard InChI is InChI=1S/C16H17F3N2O2/c17-16(18,19)15(23)12-9-5-2-6-10-13(12)20-21(15)14(22)11-7-3-1-4-8-11/h1,3-4,7-8,12,23H,2,5-6,9-10H2/t12-,15+/m0/s1. The monoisotopic (exact) mass is 326 g/mol. The quantitative estimate of drug-likeness (QED) is 0.860. The van der Waals surface area contributed by atoms with Crippen LogP contribution in [0.4, 0.5) is 13.2 Å². The van der Waals surface area contributed by atoms with Crippen molar-refractivity contribution in [3.63, 3.8) is 0 Å². The number of rotatable bonds is 1. The number of nitrogens with zero attached hydrogens (tertiary/aromatic N) is 2. The molecule has 0 aromatic heterocycles. The van der Waals surface area contributed by atoms with Gasteiger partial charge in [-0.3, -0.25) is 4.79 Å². The van der Waals surface area contributed by atoms with E-state index in [9.17, 15) is 23.1 Å². The summed E-state index contributed by atoms with van der Waals surface area (Å²) in [6.07, 6.45) is -2.32. The number of aliphatic hydroxyl groups is 1. The molecule has 3 rings (SSSR count). The highest BCUT2D eigenvalue weighted by molar-refractivity contribution is 5.99. The molecule has 1 N–H and O–H groups in total. The molecule has 1 aliphatic heterocycles. The Kier molecular flexibility index (Phi) is 3.91. The van der Waals surface area contributed by atoms with E-state index in [2.05, 4.69) is 5.10 Å². The highest BCUT2D eigenvalue weighted by Crippen LogP contribution is 2.47. The van der Waals surface area contributed by atoms with Crippen molar-refractivity contribution in [1.29, 1.82) is 0 Å². The van der Waals surface area contributed by atoms with Gasteiger partial charge in [0.15, 0.2) is 0 Å². The predicted molar refractivity (Wildman–Crippen MR) is 77.6 cm³/mol. The zero-order valence-electron chi connectivity index (χ0n) is 12.4. The van der Waals surface area contributed by atoms with Crippen LogP contribution in [0.3, 0.4) is 0 Å². The van der Waals surface area contributed by atoms with Gasteiger partial charge in [-0.15, -0.1) is 0 Å². The first kappa shape index (κ1) is 16.0. The molecule has 1 saturated carbocycles. The van der Waals surface area contributed by atoms with Crippen molar-refractivity contribution in [1.82, 2.24) is 5.01 Å². The normalized spacial score (nSPS) is 28.1. The minimum absolute atomic E-state index is 0.0657. The van der Waals surface area contributed by atoms with Gasteiger partial charge in [0.2, 0.25) is 0 Å². The van der Waals surface area contributed by atoms with E-state index in [-0.39, 0.29) is 22.7 Å². The topological polar surface area (TPSA) is 52.9 Å². The number of hydrogen-bond donors (Lipinski definition) is 1. The maximum atomic E-state index is 13.7. The van der Waals surface area contributed by atoms with Crippen LogP contribution in [-0.4, -0.2) is 33.6 Å². The first-order chi connectivity index (χ1) is 10.9. The highest BCUT2D eigenvalue weighted by atomic mass is 19.4. The van der Waals surface area contributed by atoms with Crippen LogP contribution in [-0.2, 0) is 0 Å². The van der Waals surface area contributed by atoms with Gasteiger partial charge in [-0.25, -0.2) is 0 Å². The van der Waals surface area contributed by atoms with E-state index in [1.807, 2.05) is 0 Å². The Hall–Kier alpha value is -1.89. The third kappa shape index (κ3) is 2.52. The molecular weight excluding hydrogens is 309 g/mol. The molecule has 1 amide bonds. The molecule has 0 radical (unpaired) electrons. The van der Waals surface area contributed by atoms with Crippen molar-refractivity contribution in [2.24, 2.45) is 11.0 Å². The van der Waals surface area contributed by atoms with Crippen LogP contribution in [0.25, 0.3) is 0 Å². The largest absolute Gasteiger partial charge is 0.439 e. The number of carbonyl (C=O) groups is 1. The SMILES string of the molecule is O=C(c1ccccc1)N1N=C2CCCCC[C@@H]2[C@@]1(O)C(F)(F)F. The van der Waals surface area contributed by atoms with Crippen LogP contribution in [0.15, 0.2) is 35.4 Å². The summed E-state index contributed by atoms with van der Waals surface area (Å²) in [6, 6.07) is 7.59. The lowest BCUT2D eigenvalue weighted by Gasteiger charge is -2.37. The summed E-state index contributed by atoms with van der Waals surface area (Å²) >= 11 is 0. The molecule has 4 nitrogen and oxygen atoms in total. The van der Waals surface area contributed by atoms with E-state index in [0.29, 0.717) is 12.8 Å². The number of carbonyl (C=O) groups excluding carboxylic acids is 1. The summed E-state index contributed by atoms with van der Waals surface area (Å²) in [5.41, 5.74) is -2.93. The zero-order valence-corrected chi connectivity index (χ0v) is 12.4. The number of amides is 1. The second-order valence-corrected chi connectivity index (χ2v) is 5.95. The second kappa shape index (κ2) is 5.63. The molecule has 0 spiro atoms. The summed E-state index contributed by atoms with van der Waals surface area (Å²) in [6.45, 7) is 0. The van der Waals surface area contributed by atoms with E-state index in [1.165, 1.54) is 12.1 Å². The maximum Gasteiger partial charge on any atom is 0.439 e. The Labute approximate surface area is 131 Å². The minimum atomic E-state index is -4.97. The molecule has 0 saturated heterocycles. The Morgan fingerprint density at radius 2 is 1.91 bits per heavy atom. The van der Waals surface area contributed by atoms with Crippen molar-refractivity contribution in [2.75, 3.05) is 0 Å². The van der Waals surface area contributed by atoms with Crippen molar-refractivity contribution in [3.05, 3.63) is 35.9 Å². The van der Waals surface area contributed by atoms with Gasteiger partial charge in [0.05, 0.1) is 5.92 Å². The van der Waals surface area contributed by atoms with Gasteiger partial charge in [-0.2, -0.15) is 23.3 Å². The summed E-state index contributed by atoms with van der Waals surface area (Å²) < 4.78 is 41.0. The lowest BCUT2D eigenvalue weighted by molar-refractivity contribution is -0.312. The fourth-order valence-electron chi connectivity index (χ4n) is 3.30. The predicted octanol–water partition coefficient (Wildman–Crippen LogP) is 3.33. The van der Waals surface area contributed by atoms with Gasteiger partial charge in [0, 0.05) is 11.3 Å². The molecule has 124 valence electrons. The third-order valence-electron chi connectivity index (χ3n) is 4.50. The van der Waals surface area contributed by atoms with Crippen LogP contribution >= 0.6 is 0 Å². The highest BCUT2D eigenvalue weighted by Gasteiger charge is 2.68.